The van der Waals surface area contributed by atoms with Crippen LogP contribution in [0.1, 0.15) is 15.9 Å². The van der Waals surface area contributed by atoms with Crippen molar-refractivity contribution in [3.63, 3.8) is 0 Å². The Bertz CT molecular complexity index is 911. The van der Waals surface area contributed by atoms with Gasteiger partial charge in [-0.05, 0) is 31.2 Å². The number of carbonyl (C=O) groups is 1. The van der Waals surface area contributed by atoms with Crippen LogP contribution in [-0.2, 0) is 23.8 Å². The van der Waals surface area contributed by atoms with E-state index in [2.05, 4.69) is 0 Å². The first-order valence-corrected chi connectivity index (χ1v) is 9.92. The van der Waals surface area contributed by atoms with Crippen LogP contribution in [0.5, 0.6) is 0 Å². The number of carbonyl (C=O) groups excluding carboxylic acids is 1. The molecule has 8 nitrogen and oxygen atoms in total. The fourth-order valence-electron chi connectivity index (χ4n) is 2.62. The third kappa shape index (κ3) is 4.57. The number of aryl methyl sites for hydroxylation is 1. The summed E-state index contributed by atoms with van der Waals surface area (Å²) in [5, 5.41) is 20.1. The number of ether oxygens (including phenoxy) is 2. The van der Waals surface area contributed by atoms with E-state index in [9.17, 15) is 23.4 Å². The van der Waals surface area contributed by atoms with Crippen LogP contribution in [0.2, 0.25) is 0 Å². The van der Waals surface area contributed by atoms with Crippen molar-refractivity contribution >= 4 is 16.1 Å². The molecule has 9 heteroatoms. The Morgan fingerprint density at radius 1 is 1.07 bits per heavy atom. The van der Waals surface area contributed by atoms with E-state index in [0.717, 1.165) is 5.56 Å². The highest BCUT2D eigenvalue weighted by Gasteiger charge is 2.45. The average Bonchev–Trinajstić information content (AvgIpc) is 2.68. The molecule has 0 amide bonds. The van der Waals surface area contributed by atoms with Crippen molar-refractivity contribution in [2.75, 3.05) is 6.61 Å². The van der Waals surface area contributed by atoms with Gasteiger partial charge >= 0.3 is 5.97 Å². The lowest BCUT2D eigenvalue weighted by Crippen LogP contribution is -2.56. The fourth-order valence-corrected chi connectivity index (χ4v) is 3.70. The highest BCUT2D eigenvalue weighted by molar-refractivity contribution is 7.86. The molecule has 0 spiro atoms. The second kappa shape index (κ2) is 8.38. The second-order valence-electron chi connectivity index (χ2n) is 6.36. The quantitative estimate of drug-likeness (QED) is 0.556. The lowest BCUT2D eigenvalue weighted by atomic mass is 10.1. The predicted molar refractivity (Wildman–Crippen MR) is 96.8 cm³/mol. The van der Waals surface area contributed by atoms with Crippen LogP contribution in [0.15, 0.2) is 59.5 Å². The molecule has 1 fully saturated rings. The standard InChI is InChI=1S/C19H20O8S/c1-12-7-9-14(10-8-12)28(23,24)27-17-16(21)15(20)11-25-19(17)26-18(22)13-5-3-2-4-6-13/h2-10,15-17,19-21H,11H2,1H3. The normalized spacial score (nSPS) is 25.2. The molecule has 0 bridgehead atoms. The SMILES string of the molecule is Cc1ccc(S(=O)(=O)OC2C(OC(=O)c3ccccc3)OCC(O)C2O)cc1. The van der Waals surface area contributed by atoms with Gasteiger partial charge < -0.3 is 19.7 Å². The van der Waals surface area contributed by atoms with E-state index in [4.69, 9.17) is 13.7 Å². The Labute approximate surface area is 162 Å². The first-order chi connectivity index (χ1) is 13.3. The van der Waals surface area contributed by atoms with E-state index < -0.39 is 40.7 Å². The smallest absolute Gasteiger partial charge is 0.340 e. The third-order valence-electron chi connectivity index (χ3n) is 4.21. The van der Waals surface area contributed by atoms with Crippen molar-refractivity contribution in [3.8, 4) is 0 Å². The minimum Gasteiger partial charge on any atom is -0.429 e. The molecule has 0 aromatic heterocycles. The third-order valence-corrected chi connectivity index (χ3v) is 5.54. The molecule has 4 atom stereocenters. The molecule has 28 heavy (non-hydrogen) atoms. The summed E-state index contributed by atoms with van der Waals surface area (Å²) in [7, 11) is -4.31. The van der Waals surface area contributed by atoms with Gasteiger partial charge in [0, 0.05) is 0 Å². The van der Waals surface area contributed by atoms with Gasteiger partial charge in [0.15, 0.2) is 6.10 Å². The molecule has 1 aliphatic heterocycles. The maximum Gasteiger partial charge on any atom is 0.340 e. The van der Waals surface area contributed by atoms with Crippen LogP contribution < -0.4 is 0 Å². The van der Waals surface area contributed by atoms with E-state index in [0.29, 0.717) is 0 Å². The molecule has 1 saturated heterocycles. The van der Waals surface area contributed by atoms with Gasteiger partial charge in [0.05, 0.1) is 17.1 Å². The Hall–Kier alpha value is -2.30. The van der Waals surface area contributed by atoms with Gasteiger partial charge in [0.2, 0.25) is 6.29 Å². The minimum absolute atomic E-state index is 0.140. The lowest BCUT2D eigenvalue weighted by Gasteiger charge is -2.36. The highest BCUT2D eigenvalue weighted by Crippen LogP contribution is 2.25. The van der Waals surface area contributed by atoms with Gasteiger partial charge in [-0.3, -0.25) is 4.18 Å². The average molecular weight is 408 g/mol. The van der Waals surface area contributed by atoms with E-state index in [1.54, 1.807) is 37.3 Å². The maximum atomic E-state index is 12.6. The summed E-state index contributed by atoms with van der Waals surface area (Å²) in [6, 6.07) is 13.9. The van der Waals surface area contributed by atoms with Crippen LogP contribution in [0.4, 0.5) is 0 Å². The topological polar surface area (TPSA) is 119 Å². The zero-order chi connectivity index (χ0) is 20.3. The molecular formula is C19H20O8S. The van der Waals surface area contributed by atoms with Gasteiger partial charge in [-0.2, -0.15) is 8.42 Å². The van der Waals surface area contributed by atoms with Crippen molar-refractivity contribution in [1.29, 1.82) is 0 Å². The summed E-state index contributed by atoms with van der Waals surface area (Å²) in [5.41, 5.74) is 1.07. The van der Waals surface area contributed by atoms with E-state index >= 15 is 0 Å². The number of hydrogen-bond donors (Lipinski definition) is 2. The number of hydrogen-bond acceptors (Lipinski definition) is 8. The van der Waals surface area contributed by atoms with Gasteiger partial charge in [0.1, 0.15) is 12.2 Å². The monoisotopic (exact) mass is 408 g/mol. The Morgan fingerprint density at radius 2 is 1.71 bits per heavy atom. The van der Waals surface area contributed by atoms with Gasteiger partial charge in [-0.25, -0.2) is 4.79 Å². The molecule has 0 saturated carbocycles. The summed E-state index contributed by atoms with van der Waals surface area (Å²) < 4.78 is 40.6. The molecule has 1 aliphatic rings. The summed E-state index contributed by atoms with van der Waals surface area (Å²) in [4.78, 5) is 12.1. The number of aliphatic hydroxyl groups is 2. The zero-order valence-corrected chi connectivity index (χ0v) is 15.8. The molecule has 2 aromatic carbocycles. The van der Waals surface area contributed by atoms with Crippen LogP contribution in [0.25, 0.3) is 0 Å². The zero-order valence-electron chi connectivity index (χ0n) is 15.0. The van der Waals surface area contributed by atoms with Crippen molar-refractivity contribution in [2.45, 2.75) is 36.4 Å². The minimum atomic E-state index is -4.31. The highest BCUT2D eigenvalue weighted by atomic mass is 32.2. The van der Waals surface area contributed by atoms with Crippen LogP contribution in [0.3, 0.4) is 0 Å². The van der Waals surface area contributed by atoms with E-state index in [1.165, 1.54) is 24.3 Å². The lowest BCUT2D eigenvalue weighted by molar-refractivity contribution is -0.243. The van der Waals surface area contributed by atoms with Crippen molar-refractivity contribution < 1.29 is 37.1 Å². The molecule has 0 radical (unpaired) electrons. The van der Waals surface area contributed by atoms with Gasteiger partial charge in [0.25, 0.3) is 10.1 Å². The number of esters is 1. The number of benzene rings is 2. The largest absolute Gasteiger partial charge is 0.429 e. The second-order valence-corrected chi connectivity index (χ2v) is 7.93. The van der Waals surface area contributed by atoms with Crippen molar-refractivity contribution in [1.82, 2.24) is 0 Å². The van der Waals surface area contributed by atoms with Crippen LogP contribution >= 0.6 is 0 Å². The molecule has 1 heterocycles. The predicted octanol–water partition coefficient (Wildman–Crippen LogP) is 1.00. The summed E-state index contributed by atoms with van der Waals surface area (Å²) in [6.07, 6.45) is -6.19. The van der Waals surface area contributed by atoms with Crippen LogP contribution in [-0.4, -0.2) is 55.8 Å². The Balaban J connectivity index is 1.81. The molecule has 2 N–H and O–H groups in total. The van der Waals surface area contributed by atoms with Crippen molar-refractivity contribution in [3.05, 3.63) is 65.7 Å². The first kappa shape index (κ1) is 20.4. The number of aliphatic hydroxyl groups excluding tert-OH is 2. The molecule has 0 aliphatic carbocycles. The van der Waals surface area contributed by atoms with E-state index in [1.807, 2.05) is 0 Å². The van der Waals surface area contributed by atoms with Crippen LogP contribution in [0, 0.1) is 6.92 Å². The molecule has 2 aromatic rings. The van der Waals surface area contributed by atoms with E-state index in [-0.39, 0.29) is 17.1 Å². The summed E-state index contributed by atoms with van der Waals surface area (Å²) >= 11 is 0. The number of rotatable bonds is 5. The molecule has 4 unspecified atom stereocenters. The summed E-state index contributed by atoms with van der Waals surface area (Å²) in [6.45, 7) is 1.45. The van der Waals surface area contributed by atoms with Gasteiger partial charge in [-0.15, -0.1) is 0 Å². The van der Waals surface area contributed by atoms with Gasteiger partial charge in [-0.1, -0.05) is 35.9 Å². The Morgan fingerprint density at radius 3 is 2.36 bits per heavy atom. The maximum absolute atomic E-state index is 12.6. The molecule has 3 rings (SSSR count). The van der Waals surface area contributed by atoms with Crippen molar-refractivity contribution in [2.24, 2.45) is 0 Å². The summed E-state index contributed by atoms with van der Waals surface area (Å²) in [5.74, 6) is -0.782. The molecular weight excluding hydrogens is 388 g/mol. The fraction of sp³-hybridized carbons (Fsp3) is 0.316. The molecule has 150 valence electrons. The Kier molecular flexibility index (Phi) is 6.11. The first-order valence-electron chi connectivity index (χ1n) is 8.51.